The fraction of sp³-hybridized carbons (Fsp3) is 0.182. The molecule has 0 saturated carbocycles. The van der Waals surface area contributed by atoms with E-state index in [9.17, 15) is 4.79 Å². The predicted molar refractivity (Wildman–Crippen MR) is 114 cm³/mol. The largest absolute Gasteiger partial charge is 0.494 e. The molecule has 0 amide bonds. The number of ether oxygens (including phenoxy) is 1. The number of rotatable bonds is 5. The third-order valence-electron chi connectivity index (χ3n) is 4.49. The van der Waals surface area contributed by atoms with Crippen LogP contribution in [0.1, 0.15) is 18.2 Å². The second-order valence-corrected chi connectivity index (χ2v) is 6.71. The summed E-state index contributed by atoms with van der Waals surface area (Å²) in [6.45, 7) is 6.46. The highest BCUT2D eigenvalue weighted by Crippen LogP contribution is 2.24. The lowest BCUT2D eigenvalue weighted by Crippen LogP contribution is -2.12. The highest BCUT2D eigenvalue weighted by atomic mass is 16.5. The molecule has 4 aromatic rings. The second kappa shape index (κ2) is 7.71. The molecular formula is C22H21N5O2. The van der Waals surface area contributed by atoms with Crippen LogP contribution in [0.15, 0.2) is 53.3 Å². The number of aryl methyl sites for hydroxylation is 2. The van der Waals surface area contributed by atoms with Crippen molar-refractivity contribution in [2.75, 3.05) is 11.9 Å². The van der Waals surface area contributed by atoms with Crippen LogP contribution in [0.3, 0.4) is 0 Å². The van der Waals surface area contributed by atoms with Gasteiger partial charge in [-0.15, -0.1) is 0 Å². The fourth-order valence-electron chi connectivity index (χ4n) is 3.07. The Morgan fingerprint density at radius 2 is 1.79 bits per heavy atom. The number of aromatic nitrogens is 4. The molecule has 29 heavy (non-hydrogen) atoms. The van der Waals surface area contributed by atoms with E-state index in [0.717, 1.165) is 33.5 Å². The topological polar surface area (TPSA) is 92.8 Å². The molecule has 0 spiro atoms. The van der Waals surface area contributed by atoms with Crippen LogP contribution in [-0.2, 0) is 0 Å². The lowest BCUT2D eigenvalue weighted by molar-refractivity contribution is 0.340. The summed E-state index contributed by atoms with van der Waals surface area (Å²) in [4.78, 5) is 28.4. The van der Waals surface area contributed by atoms with Gasteiger partial charge in [-0.2, -0.15) is 0 Å². The van der Waals surface area contributed by atoms with Gasteiger partial charge in [0.1, 0.15) is 5.75 Å². The fourth-order valence-corrected chi connectivity index (χ4v) is 3.07. The van der Waals surface area contributed by atoms with E-state index in [0.29, 0.717) is 18.2 Å². The van der Waals surface area contributed by atoms with Gasteiger partial charge in [-0.1, -0.05) is 29.8 Å². The van der Waals surface area contributed by atoms with E-state index in [1.807, 2.05) is 63.2 Å². The monoisotopic (exact) mass is 387 g/mol. The van der Waals surface area contributed by atoms with Crippen molar-refractivity contribution >= 4 is 22.8 Å². The molecule has 2 aromatic heterocycles. The number of hydrogen-bond acceptors (Lipinski definition) is 6. The van der Waals surface area contributed by atoms with Crippen LogP contribution in [-0.4, -0.2) is 26.5 Å². The van der Waals surface area contributed by atoms with Crippen LogP contribution in [0.2, 0.25) is 0 Å². The van der Waals surface area contributed by atoms with Crippen LogP contribution in [0.4, 0.5) is 11.9 Å². The smallest absolute Gasteiger partial charge is 0.252 e. The lowest BCUT2D eigenvalue weighted by Gasteiger charge is -2.10. The summed E-state index contributed by atoms with van der Waals surface area (Å²) in [6, 6.07) is 15.0. The van der Waals surface area contributed by atoms with Gasteiger partial charge >= 0.3 is 0 Å². The van der Waals surface area contributed by atoms with Gasteiger partial charge in [0.05, 0.1) is 23.5 Å². The number of nitrogens with zero attached hydrogens (tertiary/aromatic N) is 3. The molecule has 0 atom stereocenters. The van der Waals surface area contributed by atoms with E-state index in [2.05, 4.69) is 25.3 Å². The summed E-state index contributed by atoms with van der Waals surface area (Å²) in [7, 11) is 0. The zero-order chi connectivity index (χ0) is 20.4. The van der Waals surface area contributed by atoms with Crippen LogP contribution >= 0.6 is 0 Å². The SMILES string of the molecule is CCOc1ccc2nc(Nc3nc(-c4ccc(C)cc4)cc(=O)[nH]3)nc(C)c2c1. The van der Waals surface area contributed by atoms with Crippen LogP contribution in [0, 0.1) is 13.8 Å². The molecule has 2 aromatic carbocycles. The number of anilines is 2. The van der Waals surface area contributed by atoms with E-state index >= 15 is 0 Å². The van der Waals surface area contributed by atoms with Gasteiger partial charge in [-0.05, 0) is 39.0 Å². The number of hydrogen-bond donors (Lipinski definition) is 2. The maximum Gasteiger partial charge on any atom is 0.252 e. The zero-order valence-electron chi connectivity index (χ0n) is 16.5. The van der Waals surface area contributed by atoms with Crippen molar-refractivity contribution in [3.8, 4) is 17.0 Å². The minimum Gasteiger partial charge on any atom is -0.494 e. The Morgan fingerprint density at radius 3 is 2.55 bits per heavy atom. The van der Waals surface area contributed by atoms with Crippen molar-refractivity contribution in [3.63, 3.8) is 0 Å². The first-order valence-corrected chi connectivity index (χ1v) is 9.38. The second-order valence-electron chi connectivity index (χ2n) is 6.71. The zero-order valence-corrected chi connectivity index (χ0v) is 16.5. The van der Waals surface area contributed by atoms with Gasteiger partial charge in [-0.25, -0.2) is 15.0 Å². The summed E-state index contributed by atoms with van der Waals surface area (Å²) in [5.41, 5.74) is 3.91. The molecular weight excluding hydrogens is 366 g/mol. The molecule has 146 valence electrons. The maximum atomic E-state index is 12.1. The number of H-pyrrole nitrogens is 1. The third-order valence-corrected chi connectivity index (χ3v) is 4.49. The lowest BCUT2D eigenvalue weighted by atomic mass is 10.1. The Kier molecular flexibility index (Phi) is 4.95. The standard InChI is InChI=1S/C22H21N5O2/c1-4-29-16-9-10-18-17(11-16)14(3)23-21(24-18)27-22-25-19(12-20(28)26-22)15-7-5-13(2)6-8-15/h5-12H,4H2,1-3H3,(H2,23,24,25,26,27,28). The average molecular weight is 387 g/mol. The summed E-state index contributed by atoms with van der Waals surface area (Å²) >= 11 is 0. The molecule has 0 aliphatic heterocycles. The van der Waals surface area contributed by atoms with E-state index in [4.69, 9.17) is 4.74 Å². The first kappa shape index (κ1) is 18.6. The van der Waals surface area contributed by atoms with Gasteiger partial charge in [-0.3, -0.25) is 15.1 Å². The number of benzene rings is 2. The first-order valence-electron chi connectivity index (χ1n) is 9.38. The van der Waals surface area contributed by atoms with Crippen LogP contribution in [0.25, 0.3) is 22.2 Å². The van der Waals surface area contributed by atoms with E-state index < -0.39 is 0 Å². The Bertz CT molecular complexity index is 1230. The van der Waals surface area contributed by atoms with Crippen molar-refractivity contribution in [2.24, 2.45) is 0 Å². The highest BCUT2D eigenvalue weighted by Gasteiger charge is 2.09. The van der Waals surface area contributed by atoms with Gasteiger partial charge in [0.15, 0.2) is 0 Å². The van der Waals surface area contributed by atoms with Crippen LogP contribution < -0.4 is 15.6 Å². The Balaban J connectivity index is 1.68. The summed E-state index contributed by atoms with van der Waals surface area (Å²) < 4.78 is 5.55. The molecule has 0 radical (unpaired) electrons. The van der Waals surface area contributed by atoms with Gasteiger partial charge in [0.2, 0.25) is 11.9 Å². The normalized spacial score (nSPS) is 10.9. The molecule has 7 nitrogen and oxygen atoms in total. The Labute approximate surface area is 167 Å². The van der Waals surface area contributed by atoms with Crippen LogP contribution in [0.5, 0.6) is 5.75 Å². The molecule has 2 heterocycles. The first-order chi connectivity index (χ1) is 14.0. The number of aromatic amines is 1. The molecule has 0 aliphatic rings. The minimum atomic E-state index is -0.253. The molecule has 0 saturated heterocycles. The van der Waals surface area contributed by atoms with Gasteiger partial charge in [0.25, 0.3) is 5.56 Å². The Morgan fingerprint density at radius 1 is 1.00 bits per heavy atom. The Hall–Kier alpha value is -3.74. The molecule has 2 N–H and O–H groups in total. The third kappa shape index (κ3) is 4.08. The van der Waals surface area contributed by atoms with E-state index in [1.54, 1.807) is 0 Å². The van der Waals surface area contributed by atoms with Crippen molar-refractivity contribution in [1.82, 2.24) is 19.9 Å². The van der Waals surface area contributed by atoms with E-state index in [1.165, 1.54) is 6.07 Å². The van der Waals surface area contributed by atoms with Crippen molar-refractivity contribution in [3.05, 3.63) is 70.1 Å². The predicted octanol–water partition coefficient (Wildman–Crippen LogP) is 4.14. The molecule has 4 rings (SSSR count). The van der Waals surface area contributed by atoms with Gasteiger partial charge in [0, 0.05) is 17.0 Å². The van der Waals surface area contributed by atoms with Crippen molar-refractivity contribution < 1.29 is 4.74 Å². The maximum absolute atomic E-state index is 12.1. The molecule has 0 unspecified atom stereocenters. The summed E-state index contributed by atoms with van der Waals surface area (Å²) in [5, 5.41) is 3.93. The van der Waals surface area contributed by atoms with Crippen molar-refractivity contribution in [2.45, 2.75) is 20.8 Å². The van der Waals surface area contributed by atoms with Gasteiger partial charge < -0.3 is 4.74 Å². The van der Waals surface area contributed by atoms with Crippen molar-refractivity contribution in [1.29, 1.82) is 0 Å². The summed E-state index contributed by atoms with van der Waals surface area (Å²) in [5.74, 6) is 1.44. The number of fused-ring (bicyclic) bond motifs is 1. The average Bonchev–Trinajstić information content (AvgIpc) is 2.69. The number of nitrogens with one attached hydrogen (secondary N) is 2. The molecule has 0 fully saturated rings. The quantitative estimate of drug-likeness (QED) is 0.535. The summed E-state index contributed by atoms with van der Waals surface area (Å²) in [6.07, 6.45) is 0. The van der Waals surface area contributed by atoms with E-state index in [-0.39, 0.29) is 11.5 Å². The molecule has 0 bridgehead atoms. The molecule has 7 heteroatoms. The minimum absolute atomic E-state index is 0.253. The molecule has 0 aliphatic carbocycles. The highest BCUT2D eigenvalue weighted by molar-refractivity contribution is 5.83.